The van der Waals surface area contributed by atoms with E-state index in [1.54, 1.807) is 12.1 Å². The maximum absolute atomic E-state index is 12.9. The second kappa shape index (κ2) is 9.12. The van der Waals surface area contributed by atoms with E-state index < -0.39 is 5.41 Å². The number of hydrogen-bond acceptors (Lipinski definition) is 3. The smallest absolute Gasteiger partial charge is 0.230 e. The Morgan fingerprint density at radius 1 is 1.19 bits per heavy atom. The summed E-state index contributed by atoms with van der Waals surface area (Å²) in [5.74, 6) is -0.257. The minimum absolute atomic E-state index is 0.00232. The van der Waals surface area contributed by atoms with E-state index in [0.29, 0.717) is 39.0 Å². The van der Waals surface area contributed by atoms with E-state index in [1.807, 2.05) is 18.7 Å². The number of likely N-dealkylation sites (tertiary alicyclic amines) is 1. The number of nitrogens with one attached hydrogen (secondary N) is 1. The molecule has 1 aromatic carbocycles. The minimum atomic E-state index is -0.475. The summed E-state index contributed by atoms with van der Waals surface area (Å²) < 4.78 is 12.9. The van der Waals surface area contributed by atoms with Crippen LogP contribution >= 0.6 is 0 Å². The fourth-order valence-electron chi connectivity index (χ4n) is 3.54. The zero-order valence-electron chi connectivity index (χ0n) is 15.8. The number of hydrogen-bond donors (Lipinski definition) is 2. The molecule has 0 radical (unpaired) electrons. The molecule has 144 valence electrons. The highest BCUT2D eigenvalue weighted by Crippen LogP contribution is 2.30. The first-order valence-corrected chi connectivity index (χ1v) is 9.47. The van der Waals surface area contributed by atoms with Gasteiger partial charge in [-0.2, -0.15) is 0 Å². The lowest BCUT2D eigenvalue weighted by molar-refractivity contribution is -0.145. The van der Waals surface area contributed by atoms with Crippen LogP contribution in [0.4, 0.5) is 4.39 Å². The van der Waals surface area contributed by atoms with Crippen LogP contribution in [0.3, 0.4) is 0 Å². The van der Waals surface area contributed by atoms with Gasteiger partial charge in [0, 0.05) is 32.1 Å². The maximum atomic E-state index is 12.9. The van der Waals surface area contributed by atoms with Crippen LogP contribution in [-0.4, -0.2) is 36.3 Å². The van der Waals surface area contributed by atoms with Gasteiger partial charge in [0.2, 0.25) is 11.8 Å². The van der Waals surface area contributed by atoms with Crippen molar-refractivity contribution in [1.29, 1.82) is 0 Å². The molecule has 0 aliphatic carbocycles. The Balaban J connectivity index is 1.84. The summed E-state index contributed by atoms with van der Waals surface area (Å²) in [4.78, 5) is 27.1. The molecule has 1 aromatic rings. The van der Waals surface area contributed by atoms with Gasteiger partial charge in [-0.25, -0.2) is 4.39 Å². The Kier molecular flexibility index (Phi) is 7.14. The van der Waals surface area contributed by atoms with Gasteiger partial charge in [-0.15, -0.1) is 0 Å². The van der Waals surface area contributed by atoms with Crippen LogP contribution in [0.25, 0.3) is 0 Å². The van der Waals surface area contributed by atoms with Crippen molar-refractivity contribution in [2.75, 3.05) is 19.6 Å². The number of amides is 2. The van der Waals surface area contributed by atoms with Crippen molar-refractivity contribution in [3.05, 3.63) is 35.6 Å². The van der Waals surface area contributed by atoms with Crippen LogP contribution in [0.2, 0.25) is 0 Å². The summed E-state index contributed by atoms with van der Waals surface area (Å²) in [5.41, 5.74) is 6.27. The molecule has 1 aliphatic heterocycles. The molecule has 0 atom stereocenters. The molecule has 1 saturated heterocycles. The second-order valence-corrected chi connectivity index (χ2v) is 7.10. The lowest BCUT2D eigenvalue weighted by Crippen LogP contribution is -2.51. The molecule has 0 bridgehead atoms. The van der Waals surface area contributed by atoms with Crippen molar-refractivity contribution in [2.45, 2.75) is 46.1 Å². The van der Waals surface area contributed by atoms with Crippen LogP contribution < -0.4 is 11.1 Å². The molecule has 6 heteroatoms. The fourth-order valence-corrected chi connectivity index (χ4v) is 3.54. The summed E-state index contributed by atoms with van der Waals surface area (Å²) in [6, 6.07) is 6.10. The third-order valence-corrected chi connectivity index (χ3v) is 5.73. The zero-order valence-corrected chi connectivity index (χ0v) is 15.8. The molecule has 5 nitrogen and oxygen atoms in total. The molecule has 26 heavy (non-hydrogen) atoms. The van der Waals surface area contributed by atoms with Crippen molar-refractivity contribution < 1.29 is 14.0 Å². The molecule has 0 spiro atoms. The number of carbonyl (C=O) groups is 2. The second-order valence-electron chi connectivity index (χ2n) is 7.10. The van der Waals surface area contributed by atoms with E-state index in [9.17, 15) is 14.0 Å². The van der Waals surface area contributed by atoms with Gasteiger partial charge in [-0.3, -0.25) is 9.59 Å². The largest absolute Gasteiger partial charge is 0.352 e. The number of halogens is 1. The molecule has 0 aromatic heterocycles. The summed E-state index contributed by atoms with van der Waals surface area (Å²) in [6.45, 7) is 5.94. The van der Waals surface area contributed by atoms with Crippen molar-refractivity contribution in [1.82, 2.24) is 10.2 Å². The monoisotopic (exact) mass is 363 g/mol. The molecule has 1 heterocycles. The highest BCUT2D eigenvalue weighted by molar-refractivity contribution is 5.84. The Labute approximate surface area is 155 Å². The number of benzene rings is 1. The number of rotatable bonds is 7. The van der Waals surface area contributed by atoms with E-state index in [4.69, 9.17) is 5.73 Å². The van der Waals surface area contributed by atoms with Gasteiger partial charge < -0.3 is 16.0 Å². The number of nitrogens with zero attached hydrogens (tertiary/aromatic N) is 1. The van der Waals surface area contributed by atoms with Crippen molar-refractivity contribution in [2.24, 2.45) is 17.1 Å². The molecular weight excluding hydrogens is 333 g/mol. The van der Waals surface area contributed by atoms with Crippen LogP contribution in [0.1, 0.15) is 45.1 Å². The standard InChI is InChI=1S/C20H30FN3O2/c1-3-20(4-2,14-22)19(26)24-11-9-16(10-12-24)18(25)23-13-15-5-7-17(21)8-6-15/h5-8,16H,3-4,9-14,22H2,1-2H3,(H,23,25). The molecule has 2 rings (SSSR count). The summed E-state index contributed by atoms with van der Waals surface area (Å²) in [6.07, 6.45) is 2.79. The Morgan fingerprint density at radius 3 is 2.27 bits per heavy atom. The molecule has 1 fully saturated rings. The number of nitrogens with two attached hydrogens (primary N) is 1. The maximum Gasteiger partial charge on any atom is 0.230 e. The normalized spacial score (nSPS) is 15.8. The van der Waals surface area contributed by atoms with Gasteiger partial charge in [-0.05, 0) is 43.4 Å². The average Bonchev–Trinajstić information content (AvgIpc) is 2.69. The molecule has 0 saturated carbocycles. The molecular formula is C20H30FN3O2. The third kappa shape index (κ3) is 4.61. The van der Waals surface area contributed by atoms with Gasteiger partial charge in [-0.1, -0.05) is 26.0 Å². The Bertz CT molecular complexity index is 598. The van der Waals surface area contributed by atoms with Crippen molar-refractivity contribution in [3.8, 4) is 0 Å². The SMILES string of the molecule is CCC(CC)(CN)C(=O)N1CCC(C(=O)NCc2ccc(F)cc2)CC1. The van der Waals surface area contributed by atoms with E-state index in [2.05, 4.69) is 5.32 Å². The van der Waals surface area contributed by atoms with E-state index >= 15 is 0 Å². The third-order valence-electron chi connectivity index (χ3n) is 5.73. The van der Waals surface area contributed by atoms with Crippen LogP contribution in [0, 0.1) is 17.2 Å². The van der Waals surface area contributed by atoms with E-state index in [-0.39, 0.29) is 23.5 Å². The lowest BCUT2D eigenvalue weighted by atomic mass is 9.80. The van der Waals surface area contributed by atoms with Gasteiger partial charge in [0.05, 0.1) is 5.41 Å². The van der Waals surface area contributed by atoms with Gasteiger partial charge >= 0.3 is 0 Å². The number of piperidine rings is 1. The van der Waals surface area contributed by atoms with Gasteiger partial charge in [0.25, 0.3) is 0 Å². The molecule has 1 aliphatic rings. The fraction of sp³-hybridized carbons (Fsp3) is 0.600. The predicted molar refractivity (Wildman–Crippen MR) is 99.6 cm³/mol. The van der Waals surface area contributed by atoms with Gasteiger partial charge in [0.1, 0.15) is 5.82 Å². The lowest BCUT2D eigenvalue weighted by Gasteiger charge is -2.38. The first kappa shape index (κ1) is 20.4. The Hall–Kier alpha value is -1.95. The van der Waals surface area contributed by atoms with Crippen molar-refractivity contribution >= 4 is 11.8 Å². The van der Waals surface area contributed by atoms with Crippen LogP contribution in [0.15, 0.2) is 24.3 Å². The summed E-state index contributed by atoms with van der Waals surface area (Å²) in [5, 5.41) is 2.91. The van der Waals surface area contributed by atoms with E-state index in [0.717, 1.165) is 18.4 Å². The Morgan fingerprint density at radius 2 is 1.77 bits per heavy atom. The topological polar surface area (TPSA) is 75.4 Å². The quantitative estimate of drug-likeness (QED) is 0.781. The van der Waals surface area contributed by atoms with E-state index in [1.165, 1.54) is 12.1 Å². The summed E-state index contributed by atoms with van der Waals surface area (Å²) >= 11 is 0. The average molecular weight is 363 g/mol. The zero-order chi connectivity index (χ0) is 19.2. The molecule has 0 unspecified atom stereocenters. The van der Waals surface area contributed by atoms with Gasteiger partial charge in [0.15, 0.2) is 0 Å². The molecule has 3 N–H and O–H groups in total. The van der Waals surface area contributed by atoms with Crippen molar-refractivity contribution in [3.63, 3.8) is 0 Å². The first-order chi connectivity index (χ1) is 12.5. The van der Waals surface area contributed by atoms with Crippen LogP contribution in [0.5, 0.6) is 0 Å². The minimum Gasteiger partial charge on any atom is -0.352 e. The first-order valence-electron chi connectivity index (χ1n) is 9.47. The number of carbonyl (C=O) groups excluding carboxylic acids is 2. The molecule has 2 amide bonds. The predicted octanol–water partition coefficient (Wildman–Crippen LogP) is 2.45. The highest BCUT2D eigenvalue weighted by atomic mass is 19.1. The summed E-state index contributed by atoms with van der Waals surface area (Å²) in [7, 11) is 0. The van der Waals surface area contributed by atoms with Crippen LogP contribution in [-0.2, 0) is 16.1 Å². The highest BCUT2D eigenvalue weighted by Gasteiger charge is 2.38.